The Morgan fingerprint density at radius 1 is 1.70 bits per heavy atom. The molecule has 0 saturated carbocycles. The summed E-state index contributed by atoms with van der Waals surface area (Å²) in [6.45, 7) is 4.64. The third kappa shape index (κ3) is 2.54. The monoisotopic (exact) mass is 135 g/mol. The van der Waals surface area contributed by atoms with Crippen LogP contribution in [-0.2, 0) is 9.53 Å². The minimum Gasteiger partial charge on any atom is -0.368 e. The van der Waals surface area contributed by atoms with Crippen molar-refractivity contribution in [3.63, 3.8) is 0 Å². The van der Waals surface area contributed by atoms with Gasteiger partial charge in [-0.15, -0.1) is 0 Å². The molecule has 3 nitrogen and oxygen atoms in total. The lowest BCUT2D eigenvalue weighted by molar-refractivity contribution is -0.131. The highest BCUT2D eigenvalue weighted by Crippen LogP contribution is 1.89. The van der Waals surface area contributed by atoms with Gasteiger partial charge < -0.3 is 4.74 Å². The fraction of sp³-hybridized carbons (Fsp3) is 0.143. The molecule has 50 valence electrons. The van der Waals surface area contributed by atoms with E-state index < -0.39 is 5.97 Å². The summed E-state index contributed by atoms with van der Waals surface area (Å²) in [7, 11) is 0. The van der Waals surface area contributed by atoms with Gasteiger partial charge in [-0.2, -0.15) is 5.26 Å². The Hall–Kier alpha value is -1.74. The highest BCUT2D eigenvalue weighted by atomic mass is 16.5. The van der Waals surface area contributed by atoms with Gasteiger partial charge in [0.05, 0.1) is 0 Å². The molecule has 0 N–H and O–H groups in total. The van der Waals surface area contributed by atoms with E-state index in [0.29, 0.717) is 0 Å². The van der Waals surface area contributed by atoms with Crippen molar-refractivity contribution in [2.24, 2.45) is 0 Å². The summed E-state index contributed by atoms with van der Waals surface area (Å²) in [5.74, 6) is 1.54. The van der Waals surface area contributed by atoms with Crippen molar-refractivity contribution in [1.29, 1.82) is 5.26 Å². The maximum absolute atomic E-state index is 10.5. The first-order chi connectivity index (χ1) is 4.72. The second kappa shape index (κ2) is 4.17. The number of carbonyl (C=O) groups is 1. The largest absolute Gasteiger partial charge is 0.368 e. The molecule has 0 spiro atoms. The van der Waals surface area contributed by atoms with E-state index in [0.717, 1.165) is 0 Å². The maximum atomic E-state index is 10.5. The zero-order chi connectivity index (χ0) is 7.98. The van der Waals surface area contributed by atoms with Gasteiger partial charge in [0.1, 0.15) is 17.7 Å². The van der Waals surface area contributed by atoms with Gasteiger partial charge in [-0.1, -0.05) is 12.5 Å². The number of ether oxygens (including phenoxy) is 1. The van der Waals surface area contributed by atoms with Crippen LogP contribution < -0.4 is 0 Å². The third-order valence-corrected chi connectivity index (χ3v) is 0.627. The number of rotatable bonds is 1. The lowest BCUT2D eigenvalue weighted by atomic mass is 10.3. The van der Waals surface area contributed by atoms with Crippen LogP contribution in [0.1, 0.15) is 6.92 Å². The first-order valence-electron chi connectivity index (χ1n) is 2.44. The standard InChI is InChI=1S/C7H5NO2/c1-3-4-10-7(9)6(2)5-8/h2H2,1H3. The van der Waals surface area contributed by atoms with Crippen LogP contribution in [0.3, 0.4) is 0 Å². The summed E-state index contributed by atoms with van der Waals surface area (Å²) in [4.78, 5) is 10.5. The minimum absolute atomic E-state index is 0.247. The molecular formula is C7H5NO2. The van der Waals surface area contributed by atoms with Crippen molar-refractivity contribution in [3.05, 3.63) is 12.2 Å². The molecule has 0 aromatic carbocycles. The fourth-order valence-electron chi connectivity index (χ4n) is 0.205. The Morgan fingerprint density at radius 3 is 2.70 bits per heavy atom. The van der Waals surface area contributed by atoms with Crippen LogP contribution in [0.25, 0.3) is 0 Å². The first-order valence-corrected chi connectivity index (χ1v) is 2.44. The van der Waals surface area contributed by atoms with Gasteiger partial charge in [-0.25, -0.2) is 4.79 Å². The molecule has 0 aliphatic carbocycles. The van der Waals surface area contributed by atoms with Crippen molar-refractivity contribution >= 4 is 5.97 Å². The van der Waals surface area contributed by atoms with Gasteiger partial charge in [0, 0.05) is 6.92 Å². The van der Waals surface area contributed by atoms with E-state index >= 15 is 0 Å². The van der Waals surface area contributed by atoms with Crippen LogP contribution in [0, 0.1) is 23.4 Å². The van der Waals surface area contributed by atoms with Crippen LogP contribution in [-0.4, -0.2) is 5.97 Å². The van der Waals surface area contributed by atoms with Crippen LogP contribution in [0.5, 0.6) is 0 Å². The molecule has 0 atom stereocenters. The van der Waals surface area contributed by atoms with Gasteiger partial charge in [-0.3, -0.25) is 0 Å². The Morgan fingerprint density at radius 2 is 2.30 bits per heavy atom. The van der Waals surface area contributed by atoms with Gasteiger partial charge in [0.25, 0.3) is 0 Å². The van der Waals surface area contributed by atoms with Crippen LogP contribution >= 0.6 is 0 Å². The second-order valence-electron chi connectivity index (χ2n) is 1.33. The maximum Gasteiger partial charge on any atom is 0.362 e. The molecular weight excluding hydrogens is 130 g/mol. The fourth-order valence-corrected chi connectivity index (χ4v) is 0.205. The zero-order valence-electron chi connectivity index (χ0n) is 5.47. The summed E-state index contributed by atoms with van der Waals surface area (Å²) < 4.78 is 4.22. The summed E-state index contributed by atoms with van der Waals surface area (Å²) in [5.41, 5.74) is -0.247. The summed E-state index contributed by atoms with van der Waals surface area (Å²) in [5, 5.41) is 8.11. The molecule has 3 heteroatoms. The molecule has 0 aliphatic heterocycles. The van der Waals surface area contributed by atoms with E-state index in [9.17, 15) is 4.79 Å². The quantitative estimate of drug-likeness (QED) is 0.229. The molecule has 0 aromatic heterocycles. The van der Waals surface area contributed by atoms with Crippen molar-refractivity contribution in [2.45, 2.75) is 6.92 Å². The van der Waals surface area contributed by atoms with Crippen LogP contribution in [0.15, 0.2) is 12.2 Å². The highest BCUT2D eigenvalue weighted by molar-refractivity contribution is 5.92. The normalized spacial score (nSPS) is 6.40. The molecule has 10 heavy (non-hydrogen) atoms. The molecule has 0 bridgehead atoms. The molecule has 0 saturated heterocycles. The molecule has 0 unspecified atom stereocenters. The molecule has 0 fully saturated rings. The topological polar surface area (TPSA) is 50.1 Å². The zero-order valence-corrected chi connectivity index (χ0v) is 5.47. The number of carbonyl (C=O) groups excluding carboxylic acids is 1. The lowest BCUT2D eigenvalue weighted by Gasteiger charge is -1.87. The SMILES string of the molecule is C=C(C#N)C(=O)OC#CC. The third-order valence-electron chi connectivity index (χ3n) is 0.627. The van der Waals surface area contributed by atoms with E-state index in [1.54, 1.807) is 0 Å². The number of esters is 1. The molecule has 0 aliphatic rings. The lowest BCUT2D eigenvalue weighted by Crippen LogP contribution is -2.00. The molecule has 0 amide bonds. The van der Waals surface area contributed by atoms with Crippen molar-refractivity contribution in [1.82, 2.24) is 0 Å². The Kier molecular flexibility index (Phi) is 3.44. The van der Waals surface area contributed by atoms with E-state index in [1.807, 2.05) is 0 Å². The van der Waals surface area contributed by atoms with Gasteiger partial charge >= 0.3 is 5.97 Å². The van der Waals surface area contributed by atoms with E-state index in [2.05, 4.69) is 23.3 Å². The van der Waals surface area contributed by atoms with Crippen molar-refractivity contribution in [3.8, 4) is 18.1 Å². The molecule has 0 heterocycles. The smallest absolute Gasteiger partial charge is 0.362 e. The van der Waals surface area contributed by atoms with Crippen LogP contribution in [0.2, 0.25) is 0 Å². The Bertz CT molecular complexity index is 249. The predicted molar refractivity (Wildman–Crippen MR) is 34.3 cm³/mol. The molecule has 0 radical (unpaired) electrons. The number of hydrogen-bond donors (Lipinski definition) is 0. The van der Waals surface area contributed by atoms with E-state index in [4.69, 9.17) is 5.26 Å². The molecule has 0 aromatic rings. The number of hydrogen-bond acceptors (Lipinski definition) is 3. The first kappa shape index (κ1) is 8.26. The number of nitrogens with zero attached hydrogens (tertiary/aromatic N) is 1. The highest BCUT2D eigenvalue weighted by Gasteiger charge is 2.04. The van der Waals surface area contributed by atoms with Crippen LogP contribution in [0.4, 0.5) is 0 Å². The predicted octanol–water partition coefficient (Wildman–Crippen LogP) is 0.590. The number of nitriles is 1. The summed E-state index contributed by atoms with van der Waals surface area (Å²) in [6, 6.07) is 1.54. The summed E-state index contributed by atoms with van der Waals surface area (Å²) >= 11 is 0. The second-order valence-corrected chi connectivity index (χ2v) is 1.33. The average Bonchev–Trinajstić information content (AvgIpc) is 1.98. The van der Waals surface area contributed by atoms with Crippen molar-refractivity contribution < 1.29 is 9.53 Å². The van der Waals surface area contributed by atoms with Gasteiger partial charge in [0.2, 0.25) is 0 Å². The Labute approximate surface area is 58.9 Å². The van der Waals surface area contributed by atoms with E-state index in [1.165, 1.54) is 13.0 Å². The molecule has 0 rings (SSSR count). The average molecular weight is 135 g/mol. The van der Waals surface area contributed by atoms with E-state index in [-0.39, 0.29) is 5.57 Å². The van der Waals surface area contributed by atoms with Gasteiger partial charge in [-0.05, 0) is 0 Å². The minimum atomic E-state index is -0.795. The van der Waals surface area contributed by atoms with Gasteiger partial charge in [0.15, 0.2) is 0 Å². The van der Waals surface area contributed by atoms with Crippen molar-refractivity contribution in [2.75, 3.05) is 0 Å². The Balaban J connectivity index is 3.97. The summed E-state index contributed by atoms with van der Waals surface area (Å²) in [6.07, 6.45) is 2.05.